The molecule has 106 valence electrons. The SMILES string of the molecule is COc1ccc(NC(C)=O)cc1NCc1ccc(C)s1. The van der Waals surface area contributed by atoms with Crippen LogP contribution in [0.25, 0.3) is 0 Å². The van der Waals surface area contributed by atoms with Crippen molar-refractivity contribution in [3.8, 4) is 5.75 Å². The summed E-state index contributed by atoms with van der Waals surface area (Å²) in [6.45, 7) is 4.32. The number of methoxy groups -OCH3 is 1. The highest BCUT2D eigenvalue weighted by Gasteiger charge is 2.06. The lowest BCUT2D eigenvalue weighted by Crippen LogP contribution is -2.07. The summed E-state index contributed by atoms with van der Waals surface area (Å²) in [5, 5.41) is 6.11. The van der Waals surface area contributed by atoms with Gasteiger partial charge in [0.2, 0.25) is 5.91 Å². The summed E-state index contributed by atoms with van der Waals surface area (Å²) in [5.74, 6) is 0.669. The molecule has 2 rings (SSSR count). The Hall–Kier alpha value is -2.01. The summed E-state index contributed by atoms with van der Waals surface area (Å²) >= 11 is 1.76. The number of anilines is 2. The van der Waals surface area contributed by atoms with Gasteiger partial charge in [-0.15, -0.1) is 11.3 Å². The Labute approximate surface area is 122 Å². The van der Waals surface area contributed by atoms with Crippen LogP contribution in [-0.2, 0) is 11.3 Å². The van der Waals surface area contributed by atoms with Crippen LogP contribution in [0.4, 0.5) is 11.4 Å². The van der Waals surface area contributed by atoms with Gasteiger partial charge in [0.05, 0.1) is 12.8 Å². The Kier molecular flexibility index (Phi) is 4.63. The number of thiophene rings is 1. The van der Waals surface area contributed by atoms with Crippen molar-refractivity contribution in [3.63, 3.8) is 0 Å². The maximum Gasteiger partial charge on any atom is 0.221 e. The van der Waals surface area contributed by atoms with Crippen LogP contribution in [0.5, 0.6) is 5.75 Å². The Morgan fingerprint density at radius 3 is 2.70 bits per heavy atom. The van der Waals surface area contributed by atoms with Gasteiger partial charge in [0.25, 0.3) is 0 Å². The molecule has 0 aliphatic rings. The lowest BCUT2D eigenvalue weighted by atomic mass is 10.2. The Morgan fingerprint density at radius 1 is 1.30 bits per heavy atom. The minimum atomic E-state index is -0.0880. The summed E-state index contributed by atoms with van der Waals surface area (Å²) in [4.78, 5) is 13.7. The van der Waals surface area contributed by atoms with E-state index in [9.17, 15) is 4.79 Å². The number of carbonyl (C=O) groups is 1. The van der Waals surface area contributed by atoms with Gasteiger partial charge in [0.15, 0.2) is 0 Å². The first-order valence-corrected chi connectivity index (χ1v) is 7.15. The molecule has 0 bridgehead atoms. The van der Waals surface area contributed by atoms with Crippen LogP contribution in [0.3, 0.4) is 0 Å². The van der Waals surface area contributed by atoms with E-state index in [0.717, 1.165) is 23.7 Å². The molecule has 1 aromatic heterocycles. The predicted molar refractivity (Wildman–Crippen MR) is 83.7 cm³/mol. The zero-order valence-electron chi connectivity index (χ0n) is 11.8. The first kappa shape index (κ1) is 14.4. The van der Waals surface area contributed by atoms with Crippen LogP contribution in [0.1, 0.15) is 16.7 Å². The van der Waals surface area contributed by atoms with Crippen molar-refractivity contribution < 1.29 is 9.53 Å². The number of hydrogen-bond acceptors (Lipinski definition) is 4. The van der Waals surface area contributed by atoms with E-state index in [-0.39, 0.29) is 5.91 Å². The molecule has 0 unspecified atom stereocenters. The van der Waals surface area contributed by atoms with Gasteiger partial charge >= 0.3 is 0 Å². The fourth-order valence-corrected chi connectivity index (χ4v) is 2.72. The third kappa shape index (κ3) is 3.74. The van der Waals surface area contributed by atoms with Crippen LogP contribution in [0.15, 0.2) is 30.3 Å². The average Bonchev–Trinajstić information content (AvgIpc) is 2.82. The molecule has 2 aromatic rings. The molecule has 0 spiro atoms. The number of ether oxygens (including phenoxy) is 1. The number of amides is 1. The second kappa shape index (κ2) is 6.43. The summed E-state index contributed by atoms with van der Waals surface area (Å²) in [7, 11) is 1.63. The number of aryl methyl sites for hydroxylation is 1. The van der Waals surface area contributed by atoms with Gasteiger partial charge in [-0.25, -0.2) is 0 Å². The lowest BCUT2D eigenvalue weighted by Gasteiger charge is -2.12. The van der Waals surface area contributed by atoms with E-state index in [0.29, 0.717) is 0 Å². The van der Waals surface area contributed by atoms with E-state index >= 15 is 0 Å². The molecule has 2 N–H and O–H groups in total. The van der Waals surface area contributed by atoms with Crippen molar-refractivity contribution in [1.82, 2.24) is 0 Å². The molecule has 4 nitrogen and oxygen atoms in total. The van der Waals surface area contributed by atoms with E-state index in [4.69, 9.17) is 4.74 Å². The number of carbonyl (C=O) groups excluding carboxylic acids is 1. The predicted octanol–water partition coefficient (Wildman–Crippen LogP) is 3.64. The van der Waals surface area contributed by atoms with Gasteiger partial charge in [-0.1, -0.05) is 0 Å². The molecule has 0 saturated carbocycles. The second-order valence-electron chi connectivity index (χ2n) is 4.46. The molecule has 0 aliphatic carbocycles. The molecule has 5 heteroatoms. The van der Waals surface area contributed by atoms with Crippen molar-refractivity contribution in [2.75, 3.05) is 17.7 Å². The molecular formula is C15H18N2O2S. The highest BCUT2D eigenvalue weighted by molar-refractivity contribution is 7.11. The lowest BCUT2D eigenvalue weighted by molar-refractivity contribution is -0.114. The van der Waals surface area contributed by atoms with Crippen molar-refractivity contribution in [2.24, 2.45) is 0 Å². The highest BCUT2D eigenvalue weighted by Crippen LogP contribution is 2.29. The molecule has 0 atom stereocenters. The smallest absolute Gasteiger partial charge is 0.221 e. The van der Waals surface area contributed by atoms with E-state index < -0.39 is 0 Å². The largest absolute Gasteiger partial charge is 0.495 e. The quantitative estimate of drug-likeness (QED) is 0.884. The first-order valence-electron chi connectivity index (χ1n) is 6.33. The summed E-state index contributed by atoms with van der Waals surface area (Å²) in [5.41, 5.74) is 1.62. The van der Waals surface area contributed by atoms with Crippen molar-refractivity contribution in [2.45, 2.75) is 20.4 Å². The minimum absolute atomic E-state index is 0.0880. The maximum absolute atomic E-state index is 11.1. The molecule has 0 saturated heterocycles. The summed E-state index contributed by atoms with van der Waals surface area (Å²) in [6, 6.07) is 9.75. The number of rotatable bonds is 5. The molecule has 20 heavy (non-hydrogen) atoms. The van der Waals surface area contributed by atoms with Gasteiger partial charge in [-0.05, 0) is 37.3 Å². The Balaban J connectivity index is 2.13. The number of nitrogens with one attached hydrogen (secondary N) is 2. The van der Waals surface area contributed by atoms with Crippen molar-refractivity contribution in [3.05, 3.63) is 40.1 Å². The molecule has 0 fully saturated rings. The Bertz CT molecular complexity index is 608. The van der Waals surface area contributed by atoms with Crippen LogP contribution in [-0.4, -0.2) is 13.0 Å². The van der Waals surface area contributed by atoms with Gasteiger partial charge in [0.1, 0.15) is 5.75 Å². The van der Waals surface area contributed by atoms with Crippen molar-refractivity contribution >= 4 is 28.6 Å². The minimum Gasteiger partial charge on any atom is -0.495 e. The number of benzene rings is 1. The van der Waals surface area contributed by atoms with Crippen molar-refractivity contribution in [1.29, 1.82) is 0 Å². The average molecular weight is 290 g/mol. The zero-order valence-corrected chi connectivity index (χ0v) is 12.6. The van der Waals surface area contributed by atoms with E-state index in [2.05, 4.69) is 29.7 Å². The second-order valence-corrected chi connectivity index (χ2v) is 5.83. The molecule has 0 aliphatic heterocycles. The fraction of sp³-hybridized carbons (Fsp3) is 0.267. The van der Waals surface area contributed by atoms with Crippen LogP contribution >= 0.6 is 11.3 Å². The van der Waals surface area contributed by atoms with Gasteiger partial charge in [0, 0.05) is 28.9 Å². The summed E-state index contributed by atoms with van der Waals surface area (Å²) < 4.78 is 5.33. The Morgan fingerprint density at radius 2 is 2.10 bits per heavy atom. The fourth-order valence-electron chi connectivity index (χ4n) is 1.89. The maximum atomic E-state index is 11.1. The summed E-state index contributed by atoms with van der Waals surface area (Å²) in [6.07, 6.45) is 0. The van der Waals surface area contributed by atoms with Gasteiger partial charge in [-0.2, -0.15) is 0 Å². The topological polar surface area (TPSA) is 50.4 Å². The van der Waals surface area contributed by atoms with Crippen LogP contribution in [0.2, 0.25) is 0 Å². The standard InChI is InChI=1S/C15H18N2O2S/c1-10-4-6-13(20-10)9-16-14-8-12(17-11(2)18)5-7-15(14)19-3/h4-8,16H,9H2,1-3H3,(H,17,18). The van der Waals surface area contributed by atoms with Crippen LogP contribution < -0.4 is 15.4 Å². The van der Waals surface area contributed by atoms with E-state index in [1.54, 1.807) is 18.4 Å². The third-order valence-corrected chi connectivity index (χ3v) is 3.77. The molecule has 1 aromatic carbocycles. The molecule has 1 amide bonds. The van der Waals surface area contributed by atoms with Gasteiger partial charge in [-0.3, -0.25) is 4.79 Å². The normalized spacial score (nSPS) is 10.2. The monoisotopic (exact) mass is 290 g/mol. The molecular weight excluding hydrogens is 272 g/mol. The van der Waals surface area contributed by atoms with Crippen LogP contribution in [0, 0.1) is 6.92 Å². The zero-order chi connectivity index (χ0) is 14.5. The first-order chi connectivity index (χ1) is 9.58. The molecule has 1 heterocycles. The van der Waals surface area contributed by atoms with E-state index in [1.807, 2.05) is 18.2 Å². The highest BCUT2D eigenvalue weighted by atomic mass is 32.1. The molecule has 0 radical (unpaired) electrons. The van der Waals surface area contributed by atoms with E-state index in [1.165, 1.54) is 16.7 Å². The third-order valence-electron chi connectivity index (χ3n) is 2.77. The van der Waals surface area contributed by atoms with Gasteiger partial charge < -0.3 is 15.4 Å². The number of hydrogen-bond donors (Lipinski definition) is 2.